The Labute approximate surface area is 150 Å². The number of carbonyl (C=O) groups excluding carboxylic acids is 1. The highest BCUT2D eigenvalue weighted by Crippen LogP contribution is 2.25. The molecule has 1 amide bonds. The van der Waals surface area contributed by atoms with Gasteiger partial charge in [-0.15, -0.1) is 0 Å². The molecule has 0 saturated carbocycles. The third-order valence-corrected chi connectivity index (χ3v) is 4.89. The van der Waals surface area contributed by atoms with E-state index in [0.717, 1.165) is 36.3 Å². The van der Waals surface area contributed by atoms with Gasteiger partial charge in [-0.05, 0) is 46.1 Å². The van der Waals surface area contributed by atoms with Crippen molar-refractivity contribution in [1.29, 1.82) is 0 Å². The zero-order valence-corrected chi connectivity index (χ0v) is 15.3. The standard InChI is InChI=1S/C19H21BrN2O2/c1-24-18-8-7-15(11-17(18)20)19(23)21-16-9-10-22(13-16)12-14-5-3-2-4-6-14/h2-8,11,16H,9-10,12-13H2,1H3,(H,21,23)/t16-/m0/s1. The Balaban J connectivity index is 1.55. The van der Waals surface area contributed by atoms with Gasteiger partial charge in [0, 0.05) is 31.2 Å². The van der Waals surface area contributed by atoms with Crippen LogP contribution in [-0.2, 0) is 6.54 Å². The lowest BCUT2D eigenvalue weighted by atomic mass is 10.2. The SMILES string of the molecule is COc1ccc(C(=O)N[C@H]2CCN(Cc3ccccc3)C2)cc1Br. The lowest BCUT2D eigenvalue weighted by Crippen LogP contribution is -2.37. The number of ether oxygens (including phenoxy) is 1. The Bertz CT molecular complexity index is 706. The third-order valence-electron chi connectivity index (χ3n) is 4.27. The van der Waals surface area contributed by atoms with Crippen LogP contribution < -0.4 is 10.1 Å². The Morgan fingerprint density at radius 1 is 1.29 bits per heavy atom. The molecule has 1 fully saturated rings. The van der Waals surface area contributed by atoms with Gasteiger partial charge in [0.2, 0.25) is 0 Å². The second-order valence-corrected chi connectivity index (χ2v) is 6.88. The number of carbonyl (C=O) groups is 1. The highest BCUT2D eigenvalue weighted by atomic mass is 79.9. The smallest absolute Gasteiger partial charge is 0.251 e. The van der Waals surface area contributed by atoms with Crippen LogP contribution in [0.4, 0.5) is 0 Å². The number of nitrogens with zero attached hydrogens (tertiary/aromatic N) is 1. The molecular weight excluding hydrogens is 368 g/mol. The quantitative estimate of drug-likeness (QED) is 0.852. The Morgan fingerprint density at radius 2 is 2.08 bits per heavy atom. The molecular formula is C19H21BrN2O2. The maximum atomic E-state index is 12.4. The number of hydrogen-bond donors (Lipinski definition) is 1. The molecule has 1 aliphatic heterocycles. The molecule has 0 unspecified atom stereocenters. The van der Waals surface area contributed by atoms with Gasteiger partial charge in [0.05, 0.1) is 11.6 Å². The van der Waals surface area contributed by atoms with Crippen LogP contribution in [0.5, 0.6) is 5.75 Å². The van der Waals surface area contributed by atoms with Crippen LogP contribution in [-0.4, -0.2) is 37.0 Å². The molecule has 0 spiro atoms. The van der Waals surface area contributed by atoms with E-state index >= 15 is 0 Å². The molecule has 1 saturated heterocycles. The molecule has 5 heteroatoms. The van der Waals surface area contributed by atoms with E-state index < -0.39 is 0 Å². The molecule has 2 aromatic carbocycles. The average molecular weight is 389 g/mol. The van der Waals surface area contributed by atoms with Gasteiger partial charge >= 0.3 is 0 Å². The van der Waals surface area contributed by atoms with E-state index in [1.807, 2.05) is 6.07 Å². The van der Waals surface area contributed by atoms with Crippen LogP contribution in [0.2, 0.25) is 0 Å². The Morgan fingerprint density at radius 3 is 2.79 bits per heavy atom. The fourth-order valence-corrected chi connectivity index (χ4v) is 3.55. The fourth-order valence-electron chi connectivity index (χ4n) is 3.01. The van der Waals surface area contributed by atoms with Crippen LogP contribution in [0.15, 0.2) is 53.0 Å². The first-order valence-corrected chi connectivity index (χ1v) is 8.85. The zero-order valence-electron chi connectivity index (χ0n) is 13.7. The number of rotatable bonds is 5. The van der Waals surface area contributed by atoms with Crippen molar-refractivity contribution in [2.75, 3.05) is 20.2 Å². The summed E-state index contributed by atoms with van der Waals surface area (Å²) < 4.78 is 5.99. The number of benzene rings is 2. The number of methoxy groups -OCH3 is 1. The number of amides is 1. The van der Waals surface area contributed by atoms with Crippen molar-refractivity contribution in [3.8, 4) is 5.75 Å². The topological polar surface area (TPSA) is 41.6 Å². The molecule has 1 heterocycles. The van der Waals surface area contributed by atoms with Gasteiger partial charge in [-0.3, -0.25) is 9.69 Å². The highest BCUT2D eigenvalue weighted by Gasteiger charge is 2.24. The van der Waals surface area contributed by atoms with E-state index in [1.54, 1.807) is 25.3 Å². The summed E-state index contributed by atoms with van der Waals surface area (Å²) >= 11 is 3.42. The zero-order chi connectivity index (χ0) is 16.9. The van der Waals surface area contributed by atoms with Crippen LogP contribution in [0.3, 0.4) is 0 Å². The summed E-state index contributed by atoms with van der Waals surface area (Å²) in [7, 11) is 1.61. The molecule has 0 radical (unpaired) electrons. The molecule has 3 rings (SSSR count). The minimum atomic E-state index is -0.0371. The summed E-state index contributed by atoms with van der Waals surface area (Å²) in [5, 5.41) is 3.13. The van der Waals surface area contributed by atoms with Crippen molar-refractivity contribution < 1.29 is 9.53 Å². The molecule has 2 aromatic rings. The Hall–Kier alpha value is -1.85. The lowest BCUT2D eigenvalue weighted by molar-refractivity contribution is 0.0937. The summed E-state index contributed by atoms with van der Waals surface area (Å²) in [6.07, 6.45) is 0.982. The monoisotopic (exact) mass is 388 g/mol. The molecule has 0 bridgehead atoms. The van der Waals surface area contributed by atoms with Gasteiger partial charge in [-0.2, -0.15) is 0 Å². The minimum Gasteiger partial charge on any atom is -0.496 e. The predicted octanol–water partition coefficient (Wildman–Crippen LogP) is 3.46. The summed E-state index contributed by atoms with van der Waals surface area (Å²) in [5.41, 5.74) is 1.95. The van der Waals surface area contributed by atoms with Crippen molar-refractivity contribution in [3.05, 3.63) is 64.1 Å². The van der Waals surface area contributed by atoms with Crippen molar-refractivity contribution in [3.63, 3.8) is 0 Å². The number of halogens is 1. The molecule has 0 aliphatic carbocycles. The maximum Gasteiger partial charge on any atom is 0.251 e. The first kappa shape index (κ1) is 17.0. The highest BCUT2D eigenvalue weighted by molar-refractivity contribution is 9.10. The normalized spacial score (nSPS) is 17.7. The van der Waals surface area contributed by atoms with Crippen molar-refractivity contribution in [1.82, 2.24) is 10.2 Å². The van der Waals surface area contributed by atoms with Gasteiger partial charge in [-0.1, -0.05) is 30.3 Å². The van der Waals surface area contributed by atoms with Crippen LogP contribution in [0.1, 0.15) is 22.3 Å². The number of hydrogen-bond acceptors (Lipinski definition) is 3. The largest absolute Gasteiger partial charge is 0.496 e. The van der Waals surface area contributed by atoms with Gasteiger partial charge < -0.3 is 10.1 Å². The molecule has 1 aliphatic rings. The number of likely N-dealkylation sites (tertiary alicyclic amines) is 1. The van der Waals surface area contributed by atoms with Gasteiger partial charge in [0.1, 0.15) is 5.75 Å². The second-order valence-electron chi connectivity index (χ2n) is 6.03. The van der Waals surface area contributed by atoms with E-state index in [0.29, 0.717) is 5.56 Å². The average Bonchev–Trinajstić information content (AvgIpc) is 3.02. The molecule has 1 atom stereocenters. The van der Waals surface area contributed by atoms with Crippen LogP contribution in [0, 0.1) is 0 Å². The maximum absolute atomic E-state index is 12.4. The molecule has 4 nitrogen and oxygen atoms in total. The van der Waals surface area contributed by atoms with Gasteiger partial charge in [0.15, 0.2) is 0 Å². The van der Waals surface area contributed by atoms with E-state index in [4.69, 9.17) is 4.74 Å². The summed E-state index contributed by atoms with van der Waals surface area (Å²) in [6, 6.07) is 16.0. The first-order valence-electron chi connectivity index (χ1n) is 8.06. The van der Waals surface area contributed by atoms with Gasteiger partial charge in [0.25, 0.3) is 5.91 Å². The van der Waals surface area contributed by atoms with E-state index in [-0.39, 0.29) is 11.9 Å². The first-order chi connectivity index (χ1) is 11.7. The lowest BCUT2D eigenvalue weighted by Gasteiger charge is -2.17. The molecule has 24 heavy (non-hydrogen) atoms. The van der Waals surface area contributed by atoms with Gasteiger partial charge in [-0.25, -0.2) is 0 Å². The molecule has 0 aromatic heterocycles. The predicted molar refractivity (Wildman–Crippen MR) is 98.3 cm³/mol. The van der Waals surface area contributed by atoms with Crippen molar-refractivity contribution in [2.45, 2.75) is 19.0 Å². The molecule has 1 N–H and O–H groups in total. The minimum absolute atomic E-state index is 0.0371. The third kappa shape index (κ3) is 4.16. The van der Waals surface area contributed by atoms with E-state index in [9.17, 15) is 4.79 Å². The summed E-state index contributed by atoms with van der Waals surface area (Å²) in [5.74, 6) is 0.686. The van der Waals surface area contributed by atoms with E-state index in [2.05, 4.69) is 50.4 Å². The number of nitrogens with one attached hydrogen (secondary N) is 1. The fraction of sp³-hybridized carbons (Fsp3) is 0.316. The van der Waals surface area contributed by atoms with Crippen LogP contribution in [0.25, 0.3) is 0 Å². The summed E-state index contributed by atoms with van der Waals surface area (Å²) in [6.45, 7) is 2.82. The van der Waals surface area contributed by atoms with Crippen molar-refractivity contribution in [2.24, 2.45) is 0 Å². The molecule has 126 valence electrons. The Kier molecular flexibility index (Phi) is 5.53. The second kappa shape index (κ2) is 7.81. The summed E-state index contributed by atoms with van der Waals surface area (Å²) in [4.78, 5) is 14.8. The van der Waals surface area contributed by atoms with Crippen molar-refractivity contribution >= 4 is 21.8 Å². The van der Waals surface area contributed by atoms with Crippen LogP contribution >= 0.6 is 15.9 Å². The van der Waals surface area contributed by atoms with E-state index in [1.165, 1.54) is 5.56 Å².